The Hall–Kier alpha value is -2.57. The molecule has 1 aromatic carbocycles. The first kappa shape index (κ1) is 8.72. The Labute approximate surface area is 88.9 Å². The number of nitrogen functional groups attached to an aromatic ring is 1. The van der Waals surface area contributed by atoms with Crippen molar-refractivity contribution in [2.24, 2.45) is 0 Å². The second-order valence-corrected chi connectivity index (χ2v) is 3.26. The van der Waals surface area contributed by atoms with E-state index < -0.39 is 0 Å². The van der Waals surface area contributed by atoms with Gasteiger partial charge in [0.2, 0.25) is 0 Å². The van der Waals surface area contributed by atoms with Crippen LogP contribution in [0.5, 0.6) is 5.75 Å². The molecule has 0 saturated heterocycles. The maximum absolute atomic E-state index is 9.58. The molecule has 4 N–H and O–H groups in total. The Balaban J connectivity index is 2.27. The summed E-state index contributed by atoms with van der Waals surface area (Å²) >= 11 is 0. The van der Waals surface area contributed by atoms with Gasteiger partial charge in [-0.25, -0.2) is 9.61 Å². The molecule has 7 heteroatoms. The standard InChI is InChI=1S/C9H7N5O2/c10-8-7(13-16-14-8)9-11-4-2-1-3-5(15)6(4)12-9/h1-3,15H,(H2,10,14)(H,11,12). The Morgan fingerprint density at radius 1 is 1.31 bits per heavy atom. The summed E-state index contributed by atoms with van der Waals surface area (Å²) in [6, 6.07) is 5.05. The predicted molar refractivity (Wildman–Crippen MR) is 55.5 cm³/mol. The third-order valence-corrected chi connectivity index (χ3v) is 2.23. The number of nitrogens with zero attached hydrogens (tertiary/aromatic N) is 3. The van der Waals surface area contributed by atoms with Crippen LogP contribution in [0.15, 0.2) is 22.8 Å². The van der Waals surface area contributed by atoms with Gasteiger partial charge in [0.1, 0.15) is 11.3 Å². The number of benzene rings is 1. The first-order chi connectivity index (χ1) is 7.75. The van der Waals surface area contributed by atoms with Gasteiger partial charge in [-0.15, -0.1) is 0 Å². The second-order valence-electron chi connectivity index (χ2n) is 3.26. The van der Waals surface area contributed by atoms with E-state index in [4.69, 9.17) is 5.73 Å². The van der Waals surface area contributed by atoms with Crippen molar-refractivity contribution in [2.45, 2.75) is 0 Å². The van der Waals surface area contributed by atoms with E-state index in [1.54, 1.807) is 18.2 Å². The number of phenols is 1. The molecule has 2 heterocycles. The molecule has 0 aliphatic carbocycles. The fraction of sp³-hybridized carbons (Fsp3) is 0. The van der Waals surface area contributed by atoms with Crippen molar-refractivity contribution in [3.05, 3.63) is 18.2 Å². The molecule has 0 unspecified atom stereocenters. The van der Waals surface area contributed by atoms with Gasteiger partial charge in [-0.05, 0) is 22.4 Å². The third-order valence-electron chi connectivity index (χ3n) is 2.23. The monoisotopic (exact) mass is 217 g/mol. The molecule has 3 rings (SSSR count). The van der Waals surface area contributed by atoms with Gasteiger partial charge in [0.05, 0.1) is 5.52 Å². The molecule has 7 nitrogen and oxygen atoms in total. The molecular formula is C9H7N5O2. The molecule has 0 bridgehead atoms. The van der Waals surface area contributed by atoms with Gasteiger partial charge >= 0.3 is 0 Å². The zero-order valence-corrected chi connectivity index (χ0v) is 8.01. The zero-order valence-electron chi connectivity index (χ0n) is 8.01. The van der Waals surface area contributed by atoms with E-state index >= 15 is 0 Å². The Morgan fingerprint density at radius 2 is 2.19 bits per heavy atom. The van der Waals surface area contributed by atoms with E-state index in [1.165, 1.54) is 0 Å². The van der Waals surface area contributed by atoms with Crippen LogP contribution in [-0.2, 0) is 0 Å². The van der Waals surface area contributed by atoms with Crippen molar-refractivity contribution >= 4 is 16.9 Å². The van der Waals surface area contributed by atoms with E-state index in [0.29, 0.717) is 22.6 Å². The molecule has 0 aliphatic rings. The summed E-state index contributed by atoms with van der Waals surface area (Å²) in [7, 11) is 0. The molecule has 80 valence electrons. The van der Waals surface area contributed by atoms with Crippen LogP contribution in [0, 0.1) is 0 Å². The first-order valence-corrected chi connectivity index (χ1v) is 4.52. The minimum atomic E-state index is 0.0926. The topological polar surface area (TPSA) is 114 Å². The summed E-state index contributed by atoms with van der Waals surface area (Å²) in [5.41, 5.74) is 7.02. The van der Waals surface area contributed by atoms with E-state index in [1.807, 2.05) is 0 Å². The number of nitrogens with two attached hydrogens (primary N) is 1. The van der Waals surface area contributed by atoms with Crippen LogP contribution < -0.4 is 5.73 Å². The molecule has 2 aromatic heterocycles. The Morgan fingerprint density at radius 3 is 2.88 bits per heavy atom. The van der Waals surface area contributed by atoms with Gasteiger partial charge in [0.25, 0.3) is 0 Å². The number of anilines is 1. The largest absolute Gasteiger partial charge is 0.506 e. The van der Waals surface area contributed by atoms with Crippen molar-refractivity contribution < 1.29 is 9.74 Å². The second kappa shape index (κ2) is 2.96. The van der Waals surface area contributed by atoms with Crippen LogP contribution in [0.1, 0.15) is 0 Å². The van der Waals surface area contributed by atoms with Gasteiger partial charge in [-0.2, -0.15) is 0 Å². The number of para-hydroxylation sites is 1. The minimum Gasteiger partial charge on any atom is -0.506 e. The molecule has 0 atom stereocenters. The van der Waals surface area contributed by atoms with Gasteiger partial charge in [-0.3, -0.25) is 0 Å². The quantitative estimate of drug-likeness (QED) is 0.558. The highest BCUT2D eigenvalue weighted by Crippen LogP contribution is 2.26. The number of aromatic amines is 1. The number of nitrogens with one attached hydrogen (secondary N) is 1. The number of aromatic hydroxyl groups is 1. The van der Waals surface area contributed by atoms with Crippen molar-refractivity contribution in [3.8, 4) is 17.3 Å². The lowest BCUT2D eigenvalue weighted by Crippen LogP contribution is -1.89. The highest BCUT2D eigenvalue weighted by atomic mass is 16.6. The van der Waals surface area contributed by atoms with Crippen molar-refractivity contribution in [1.29, 1.82) is 0 Å². The summed E-state index contributed by atoms with van der Waals surface area (Å²) < 4.78 is 4.48. The smallest absolute Gasteiger partial charge is 0.199 e. The van der Waals surface area contributed by atoms with Crippen LogP contribution in [0.3, 0.4) is 0 Å². The number of aromatic nitrogens is 4. The minimum absolute atomic E-state index is 0.0926. The van der Waals surface area contributed by atoms with Crippen LogP contribution in [0.2, 0.25) is 0 Å². The predicted octanol–water partition coefficient (Wildman–Crippen LogP) is 0.901. The molecule has 3 aromatic rings. The number of rotatable bonds is 1. The number of H-pyrrole nitrogens is 1. The van der Waals surface area contributed by atoms with Gasteiger partial charge in [0, 0.05) is 0 Å². The van der Waals surface area contributed by atoms with E-state index in [9.17, 15) is 5.11 Å². The van der Waals surface area contributed by atoms with Crippen LogP contribution in [0.25, 0.3) is 22.6 Å². The molecule has 0 saturated carbocycles. The van der Waals surface area contributed by atoms with Crippen molar-refractivity contribution in [1.82, 2.24) is 20.3 Å². The molecule has 0 fully saturated rings. The lowest BCUT2D eigenvalue weighted by molar-refractivity contribution is 0.310. The summed E-state index contributed by atoms with van der Waals surface area (Å²) in [6.45, 7) is 0. The van der Waals surface area contributed by atoms with Gasteiger partial charge < -0.3 is 15.8 Å². The van der Waals surface area contributed by atoms with Gasteiger partial charge in [0.15, 0.2) is 17.3 Å². The van der Waals surface area contributed by atoms with Crippen LogP contribution in [-0.4, -0.2) is 25.4 Å². The number of hydrogen-bond acceptors (Lipinski definition) is 6. The molecule has 0 aliphatic heterocycles. The number of fused-ring (bicyclic) bond motifs is 1. The average Bonchev–Trinajstić information content (AvgIpc) is 2.84. The van der Waals surface area contributed by atoms with E-state index in [2.05, 4.69) is 24.9 Å². The highest BCUT2D eigenvalue weighted by Gasteiger charge is 2.14. The van der Waals surface area contributed by atoms with Gasteiger partial charge in [-0.1, -0.05) is 6.07 Å². The van der Waals surface area contributed by atoms with Crippen molar-refractivity contribution in [3.63, 3.8) is 0 Å². The number of hydrogen-bond donors (Lipinski definition) is 3. The fourth-order valence-electron chi connectivity index (χ4n) is 1.49. The third kappa shape index (κ3) is 1.11. The lowest BCUT2D eigenvalue weighted by atomic mass is 10.3. The molecule has 0 radical (unpaired) electrons. The highest BCUT2D eigenvalue weighted by molar-refractivity contribution is 5.84. The van der Waals surface area contributed by atoms with E-state index in [-0.39, 0.29) is 11.6 Å². The zero-order chi connectivity index (χ0) is 11.1. The van der Waals surface area contributed by atoms with Crippen molar-refractivity contribution in [2.75, 3.05) is 5.73 Å². The number of phenolic OH excluding ortho intramolecular Hbond substituents is 1. The maximum Gasteiger partial charge on any atom is 0.199 e. The molecular weight excluding hydrogens is 210 g/mol. The lowest BCUT2D eigenvalue weighted by Gasteiger charge is -1.89. The Kier molecular flexibility index (Phi) is 1.61. The first-order valence-electron chi connectivity index (χ1n) is 4.52. The normalized spacial score (nSPS) is 11.0. The summed E-state index contributed by atoms with van der Waals surface area (Å²) in [5, 5.41) is 16.7. The number of imidazole rings is 1. The Bertz CT molecular complexity index is 657. The SMILES string of the molecule is Nc1nonc1-c1nc2c(O)cccc2[nH]1. The van der Waals surface area contributed by atoms with E-state index in [0.717, 1.165) is 0 Å². The molecule has 16 heavy (non-hydrogen) atoms. The summed E-state index contributed by atoms with van der Waals surface area (Å²) in [6.07, 6.45) is 0. The molecule has 0 amide bonds. The summed E-state index contributed by atoms with van der Waals surface area (Å²) in [5.74, 6) is 0.656. The van der Waals surface area contributed by atoms with Crippen LogP contribution >= 0.6 is 0 Å². The molecule has 0 spiro atoms. The maximum atomic E-state index is 9.58. The van der Waals surface area contributed by atoms with Crippen LogP contribution in [0.4, 0.5) is 5.82 Å². The summed E-state index contributed by atoms with van der Waals surface area (Å²) in [4.78, 5) is 7.13. The fourth-order valence-corrected chi connectivity index (χ4v) is 1.49. The average molecular weight is 217 g/mol.